The molecule has 0 heterocycles. The van der Waals surface area contributed by atoms with E-state index >= 15 is 0 Å². The summed E-state index contributed by atoms with van der Waals surface area (Å²) in [6, 6.07) is 0. The number of likely N-dealkylation sites (N-methyl/N-ethyl adjacent to an activating group) is 2. The van der Waals surface area contributed by atoms with Gasteiger partial charge in [0.1, 0.15) is 0 Å². The van der Waals surface area contributed by atoms with Gasteiger partial charge in [-0.15, -0.1) is 6.54 Å². The van der Waals surface area contributed by atoms with Crippen LogP contribution in [0, 0.1) is 14.0 Å². The van der Waals surface area contributed by atoms with Crippen molar-refractivity contribution in [2.45, 2.75) is 0 Å². The van der Waals surface area contributed by atoms with Gasteiger partial charge in [-0.25, -0.2) is 0 Å². The summed E-state index contributed by atoms with van der Waals surface area (Å²) in [5.74, 6) is 0. The third kappa shape index (κ3) is 17.6. The van der Waals surface area contributed by atoms with Gasteiger partial charge in [0.25, 0.3) is 0 Å². The van der Waals surface area contributed by atoms with Gasteiger partial charge in [-0.1, -0.05) is 0 Å². The number of hydrogen-bond donors (Lipinski definition) is 1. The summed E-state index contributed by atoms with van der Waals surface area (Å²) in [6.45, 7) is 3.00. The normalized spacial score (nSPS) is 8.00. The standard InChI is InChI=1S/C5H13N2.CH3.Y/c1-6-4-5-7(2)3;;/h4,6H,5H2,1-3H3;1H3;/q2*-1;. The smallest absolute Gasteiger partial charge is 0 e. The minimum absolute atomic E-state index is 0. The van der Waals surface area contributed by atoms with Crippen LogP contribution < -0.4 is 5.32 Å². The predicted molar refractivity (Wildman–Crippen MR) is 38.3 cm³/mol. The average molecular weight is 205 g/mol. The third-order valence-corrected chi connectivity index (χ3v) is 0.661. The summed E-state index contributed by atoms with van der Waals surface area (Å²) in [6.07, 6.45) is 0. The van der Waals surface area contributed by atoms with Crippen LogP contribution >= 0.6 is 0 Å². The average Bonchev–Trinajstić information content (AvgIpc) is 1.61. The Morgan fingerprint density at radius 1 is 1.44 bits per heavy atom. The quantitative estimate of drug-likeness (QED) is 0.670. The zero-order chi connectivity index (χ0) is 5.70. The van der Waals surface area contributed by atoms with Crippen molar-refractivity contribution < 1.29 is 32.7 Å². The first kappa shape index (κ1) is 16.5. The zero-order valence-electron chi connectivity index (χ0n) is 6.81. The van der Waals surface area contributed by atoms with Crippen LogP contribution in [0.4, 0.5) is 0 Å². The molecule has 0 aliphatic heterocycles. The van der Waals surface area contributed by atoms with Gasteiger partial charge >= 0.3 is 0 Å². The second-order valence-corrected chi connectivity index (χ2v) is 1.76. The van der Waals surface area contributed by atoms with Gasteiger partial charge in [0, 0.05) is 32.7 Å². The van der Waals surface area contributed by atoms with Crippen molar-refractivity contribution in [1.29, 1.82) is 0 Å². The van der Waals surface area contributed by atoms with E-state index in [0.717, 1.165) is 6.54 Å². The molecule has 0 aromatic rings. The molecule has 0 bridgehead atoms. The van der Waals surface area contributed by atoms with Crippen LogP contribution in [0.25, 0.3) is 0 Å². The molecule has 0 aromatic carbocycles. The van der Waals surface area contributed by atoms with Gasteiger partial charge in [-0.05, 0) is 21.1 Å². The largest absolute Gasteiger partial charge is 0.471 e. The van der Waals surface area contributed by atoms with Crippen LogP contribution in [0.5, 0.6) is 0 Å². The summed E-state index contributed by atoms with van der Waals surface area (Å²) in [4.78, 5) is 2.09. The Kier molecular flexibility index (Phi) is 21.6. The molecule has 0 saturated carbocycles. The maximum atomic E-state index is 2.93. The summed E-state index contributed by atoms with van der Waals surface area (Å²) >= 11 is 0. The Labute approximate surface area is 84.3 Å². The van der Waals surface area contributed by atoms with Gasteiger partial charge in [0.2, 0.25) is 0 Å². The maximum Gasteiger partial charge on any atom is 0 e. The van der Waals surface area contributed by atoms with E-state index in [1.54, 1.807) is 0 Å². The van der Waals surface area contributed by atoms with Gasteiger partial charge < -0.3 is 17.6 Å². The number of nitrogens with one attached hydrogen (secondary N) is 1. The molecule has 2 nitrogen and oxygen atoms in total. The van der Waals surface area contributed by atoms with E-state index in [9.17, 15) is 0 Å². The zero-order valence-corrected chi connectivity index (χ0v) is 9.65. The third-order valence-electron chi connectivity index (χ3n) is 0.661. The molecule has 0 rings (SSSR count). The van der Waals surface area contributed by atoms with Crippen LogP contribution in [0.3, 0.4) is 0 Å². The van der Waals surface area contributed by atoms with Crippen LogP contribution in [0.15, 0.2) is 0 Å². The Morgan fingerprint density at radius 3 is 2.00 bits per heavy atom. The van der Waals surface area contributed by atoms with Gasteiger partial charge in [-0.2, -0.15) is 0 Å². The molecule has 0 aliphatic rings. The minimum Gasteiger partial charge on any atom is -0.471 e. The fourth-order valence-corrected chi connectivity index (χ4v) is 0.274. The Hall–Kier alpha value is 1.02. The fourth-order valence-electron chi connectivity index (χ4n) is 0.274. The van der Waals surface area contributed by atoms with E-state index in [0.29, 0.717) is 0 Å². The summed E-state index contributed by atoms with van der Waals surface area (Å²) in [5, 5.41) is 2.93. The van der Waals surface area contributed by atoms with Crippen LogP contribution in [0.2, 0.25) is 0 Å². The maximum absolute atomic E-state index is 2.93. The van der Waals surface area contributed by atoms with E-state index in [1.807, 2.05) is 27.7 Å². The molecule has 0 spiro atoms. The molecule has 55 valence electrons. The van der Waals surface area contributed by atoms with Crippen molar-refractivity contribution in [3.8, 4) is 0 Å². The first-order valence-corrected chi connectivity index (χ1v) is 2.41. The molecular weight excluding hydrogens is 189 g/mol. The van der Waals surface area contributed by atoms with Crippen molar-refractivity contribution in [1.82, 2.24) is 10.2 Å². The van der Waals surface area contributed by atoms with Crippen molar-refractivity contribution in [3.05, 3.63) is 14.0 Å². The van der Waals surface area contributed by atoms with E-state index in [1.165, 1.54) is 0 Å². The molecule has 0 aliphatic carbocycles. The molecule has 9 heavy (non-hydrogen) atoms. The van der Waals surface area contributed by atoms with Gasteiger partial charge in [0.15, 0.2) is 0 Å². The monoisotopic (exact) mass is 205 g/mol. The summed E-state index contributed by atoms with van der Waals surface area (Å²) in [5.41, 5.74) is 0. The van der Waals surface area contributed by atoms with E-state index in [-0.39, 0.29) is 40.1 Å². The Bertz CT molecular complexity index is 40.0. The molecule has 0 fully saturated rings. The van der Waals surface area contributed by atoms with Crippen molar-refractivity contribution in [2.75, 3.05) is 27.7 Å². The van der Waals surface area contributed by atoms with Crippen LogP contribution in [0.1, 0.15) is 0 Å². The van der Waals surface area contributed by atoms with Crippen molar-refractivity contribution in [2.24, 2.45) is 0 Å². The Balaban J connectivity index is -0.000000180. The van der Waals surface area contributed by atoms with Crippen LogP contribution in [-0.2, 0) is 32.7 Å². The predicted octanol–water partition coefficient (Wildman–Crippen LogP) is 0.377. The molecule has 0 amide bonds. The molecule has 0 unspecified atom stereocenters. The van der Waals surface area contributed by atoms with Gasteiger partial charge in [0.05, 0.1) is 0 Å². The topological polar surface area (TPSA) is 15.3 Å². The number of hydrogen-bond acceptors (Lipinski definition) is 2. The molecule has 0 aromatic heterocycles. The number of nitrogens with zero attached hydrogens (tertiary/aromatic N) is 1. The molecule has 1 N–H and O–H groups in total. The molecule has 0 atom stereocenters. The first-order chi connectivity index (χ1) is 3.27. The molecule has 3 heteroatoms. The number of rotatable bonds is 3. The van der Waals surface area contributed by atoms with Gasteiger partial charge in [-0.3, -0.25) is 6.54 Å². The van der Waals surface area contributed by atoms with Crippen molar-refractivity contribution in [3.63, 3.8) is 0 Å². The SMILES string of the molecule is CN[CH-]CN(C)C.[CH3-].[Y]. The fraction of sp³-hybridized carbons (Fsp3) is 0.667. The van der Waals surface area contributed by atoms with E-state index in [2.05, 4.69) is 10.2 Å². The second kappa shape index (κ2) is 11.8. The van der Waals surface area contributed by atoms with Crippen molar-refractivity contribution >= 4 is 0 Å². The molecular formula is C6H16N2Y-2. The van der Waals surface area contributed by atoms with E-state index < -0.39 is 0 Å². The minimum atomic E-state index is 0. The van der Waals surface area contributed by atoms with Crippen LogP contribution in [-0.4, -0.2) is 32.6 Å². The first-order valence-electron chi connectivity index (χ1n) is 2.41. The summed E-state index contributed by atoms with van der Waals surface area (Å²) in [7, 11) is 5.98. The van der Waals surface area contributed by atoms with E-state index in [4.69, 9.17) is 0 Å². The molecule has 1 radical (unpaired) electrons. The Morgan fingerprint density at radius 2 is 1.89 bits per heavy atom. The second-order valence-electron chi connectivity index (χ2n) is 1.76. The summed E-state index contributed by atoms with van der Waals surface area (Å²) < 4.78 is 0. The molecule has 0 saturated heterocycles.